The molecular weight excluding hydrogens is 212 g/mol. The fraction of sp³-hybridized carbons (Fsp3) is 0.462. The van der Waals surface area contributed by atoms with Crippen LogP contribution in [0.1, 0.15) is 12.8 Å². The topological polar surface area (TPSA) is 24.1 Å². The van der Waals surface area contributed by atoms with Gasteiger partial charge in [-0.3, -0.25) is 0 Å². The lowest BCUT2D eigenvalue weighted by Crippen LogP contribution is -2.23. The highest BCUT2D eigenvalue weighted by Gasteiger charge is 1.98. The van der Waals surface area contributed by atoms with E-state index in [9.17, 15) is 0 Å². The van der Waals surface area contributed by atoms with Crippen LogP contribution in [0.5, 0.6) is 0 Å². The number of rotatable bonds is 8. The summed E-state index contributed by atoms with van der Waals surface area (Å²) in [6, 6.07) is 0. The van der Waals surface area contributed by atoms with Crippen molar-refractivity contribution in [2.75, 3.05) is 13.6 Å². The molecule has 0 aliphatic heterocycles. The molecule has 1 aromatic rings. The number of aryl methyl sites for hydroxylation is 2. The molecule has 94 valence electrons. The van der Waals surface area contributed by atoms with Crippen molar-refractivity contribution < 1.29 is 4.57 Å². The first-order valence-electron chi connectivity index (χ1n) is 5.98. The van der Waals surface area contributed by atoms with Crippen LogP contribution >= 0.6 is 0 Å². The zero-order valence-electron chi connectivity index (χ0n) is 10.8. The van der Waals surface area contributed by atoms with E-state index in [-0.39, 0.29) is 0 Å². The van der Waals surface area contributed by atoms with Gasteiger partial charge in [-0.25, -0.2) is 9.13 Å². The molecule has 0 aliphatic carbocycles. The predicted molar refractivity (Wildman–Crippen MR) is 69.9 cm³/mol. The summed E-state index contributed by atoms with van der Waals surface area (Å²) in [7, 11) is 4.00. The predicted octanol–water partition coefficient (Wildman–Crippen LogP) is 1.23. The van der Waals surface area contributed by atoms with E-state index in [1.807, 2.05) is 31.4 Å². The third-order valence-electron chi connectivity index (χ3n) is 2.53. The van der Waals surface area contributed by atoms with Gasteiger partial charge in [-0.05, 0) is 19.0 Å². The lowest BCUT2D eigenvalue weighted by molar-refractivity contribution is -0.671. The van der Waals surface area contributed by atoms with E-state index in [4.69, 9.17) is 0 Å². The molecular formula is C13H23N4+. The molecule has 0 saturated carbocycles. The number of hydrogen-bond acceptors (Lipinski definition) is 2. The first-order valence-corrected chi connectivity index (χ1v) is 5.98. The minimum absolute atomic E-state index is 1.01. The second-order valence-electron chi connectivity index (χ2n) is 4.14. The first kappa shape index (κ1) is 13.4. The second kappa shape index (κ2) is 7.54. The van der Waals surface area contributed by atoms with Crippen molar-refractivity contribution in [3.8, 4) is 0 Å². The molecule has 0 fully saturated rings. The maximum absolute atomic E-state index is 3.67. The van der Waals surface area contributed by atoms with Gasteiger partial charge >= 0.3 is 0 Å². The molecule has 1 heterocycles. The fourth-order valence-corrected chi connectivity index (χ4v) is 1.47. The number of imidazole rings is 1. The van der Waals surface area contributed by atoms with Gasteiger partial charge in [-0.15, -0.1) is 0 Å². The molecule has 1 rings (SSSR count). The van der Waals surface area contributed by atoms with Crippen LogP contribution in [0.15, 0.2) is 43.9 Å². The standard InChI is InChI=1S/C13H23N4/c1-4-15(2)10-8-14-7-5-6-9-17-12-11-16(3)13-17/h4,8,10-14H,1,5-7,9H2,2-3H3/q+1/b10-8-. The molecule has 0 spiro atoms. The van der Waals surface area contributed by atoms with Crippen LogP contribution in [-0.2, 0) is 13.6 Å². The average molecular weight is 235 g/mol. The largest absolute Gasteiger partial charge is 0.390 e. The van der Waals surface area contributed by atoms with Gasteiger partial charge in [-0.2, -0.15) is 0 Å². The molecule has 1 aromatic heterocycles. The Morgan fingerprint density at radius 2 is 2.29 bits per heavy atom. The first-order chi connectivity index (χ1) is 8.22. The molecule has 0 amide bonds. The number of hydrogen-bond donors (Lipinski definition) is 1. The number of aromatic nitrogens is 2. The van der Waals surface area contributed by atoms with Crippen LogP contribution in [0.3, 0.4) is 0 Å². The molecule has 0 atom stereocenters. The summed E-state index contributed by atoms with van der Waals surface area (Å²) >= 11 is 0. The summed E-state index contributed by atoms with van der Waals surface area (Å²) in [6.45, 7) is 5.76. The van der Waals surface area contributed by atoms with Crippen molar-refractivity contribution in [2.45, 2.75) is 19.4 Å². The molecule has 0 bridgehead atoms. The Labute approximate surface area is 104 Å². The van der Waals surface area contributed by atoms with E-state index < -0.39 is 0 Å². The van der Waals surface area contributed by atoms with Gasteiger partial charge in [0.15, 0.2) is 0 Å². The quantitative estimate of drug-likeness (QED) is 0.541. The monoisotopic (exact) mass is 235 g/mol. The van der Waals surface area contributed by atoms with Crippen molar-refractivity contribution in [1.82, 2.24) is 14.8 Å². The van der Waals surface area contributed by atoms with Crippen LogP contribution < -0.4 is 9.88 Å². The van der Waals surface area contributed by atoms with Gasteiger partial charge in [0, 0.05) is 26.0 Å². The van der Waals surface area contributed by atoms with Crippen molar-refractivity contribution in [3.05, 3.63) is 43.9 Å². The van der Waals surface area contributed by atoms with Gasteiger partial charge in [0.25, 0.3) is 0 Å². The van der Waals surface area contributed by atoms with Crippen LogP contribution in [0.4, 0.5) is 0 Å². The third kappa shape index (κ3) is 5.80. The van der Waals surface area contributed by atoms with Crippen LogP contribution in [0.2, 0.25) is 0 Å². The SMILES string of the molecule is C=CN(C)/C=C\NCCCCn1cc[n+](C)c1. The minimum atomic E-state index is 1.01. The number of nitrogens with one attached hydrogen (secondary N) is 1. The van der Waals surface area contributed by atoms with E-state index in [0.717, 1.165) is 13.1 Å². The van der Waals surface area contributed by atoms with Crippen LogP contribution in [0, 0.1) is 0 Å². The molecule has 1 N–H and O–H groups in total. The number of nitrogens with zero attached hydrogens (tertiary/aromatic N) is 3. The average Bonchev–Trinajstić information content (AvgIpc) is 2.73. The normalized spacial score (nSPS) is 10.7. The van der Waals surface area contributed by atoms with E-state index in [2.05, 4.69) is 39.8 Å². The Balaban J connectivity index is 2.01. The smallest absolute Gasteiger partial charge is 0.243 e. The minimum Gasteiger partial charge on any atom is -0.390 e. The summed E-state index contributed by atoms with van der Waals surface area (Å²) in [6.07, 6.45) is 14.3. The summed E-state index contributed by atoms with van der Waals surface area (Å²) < 4.78 is 4.27. The molecule has 4 heteroatoms. The lowest BCUT2D eigenvalue weighted by Gasteiger charge is -2.05. The van der Waals surface area contributed by atoms with E-state index >= 15 is 0 Å². The summed E-state index contributed by atoms with van der Waals surface area (Å²) in [4.78, 5) is 1.91. The summed E-state index contributed by atoms with van der Waals surface area (Å²) in [5, 5.41) is 3.26. The van der Waals surface area contributed by atoms with E-state index in [0.29, 0.717) is 0 Å². The highest BCUT2D eigenvalue weighted by Crippen LogP contribution is 1.93. The number of unbranched alkanes of at least 4 members (excludes halogenated alkanes) is 1. The molecule has 0 aromatic carbocycles. The summed E-state index contributed by atoms with van der Waals surface area (Å²) in [5.74, 6) is 0. The lowest BCUT2D eigenvalue weighted by atomic mass is 10.3. The fourth-order valence-electron chi connectivity index (χ4n) is 1.47. The highest BCUT2D eigenvalue weighted by molar-refractivity contribution is 4.83. The van der Waals surface area contributed by atoms with E-state index in [1.165, 1.54) is 12.8 Å². The van der Waals surface area contributed by atoms with Crippen molar-refractivity contribution >= 4 is 0 Å². The van der Waals surface area contributed by atoms with Gasteiger partial charge in [0.05, 0.1) is 13.6 Å². The maximum atomic E-state index is 3.67. The van der Waals surface area contributed by atoms with Crippen molar-refractivity contribution in [3.63, 3.8) is 0 Å². The zero-order chi connectivity index (χ0) is 12.5. The molecule has 17 heavy (non-hydrogen) atoms. The third-order valence-corrected chi connectivity index (χ3v) is 2.53. The summed E-state index contributed by atoms with van der Waals surface area (Å²) in [5.41, 5.74) is 0. The van der Waals surface area contributed by atoms with Crippen LogP contribution in [0.25, 0.3) is 0 Å². The van der Waals surface area contributed by atoms with Crippen molar-refractivity contribution in [1.29, 1.82) is 0 Å². The second-order valence-corrected chi connectivity index (χ2v) is 4.14. The van der Waals surface area contributed by atoms with Gasteiger partial charge in [0.2, 0.25) is 6.33 Å². The Morgan fingerprint density at radius 3 is 2.94 bits per heavy atom. The molecule has 4 nitrogen and oxygen atoms in total. The highest BCUT2D eigenvalue weighted by atomic mass is 15.1. The van der Waals surface area contributed by atoms with Gasteiger partial charge in [0.1, 0.15) is 12.4 Å². The van der Waals surface area contributed by atoms with Gasteiger partial charge < -0.3 is 10.2 Å². The molecule has 0 unspecified atom stereocenters. The Bertz CT molecular complexity index is 354. The maximum Gasteiger partial charge on any atom is 0.243 e. The van der Waals surface area contributed by atoms with Gasteiger partial charge in [-0.1, -0.05) is 6.58 Å². The van der Waals surface area contributed by atoms with Crippen LogP contribution in [-0.4, -0.2) is 23.1 Å². The Morgan fingerprint density at radius 1 is 1.47 bits per heavy atom. The Kier molecular flexibility index (Phi) is 5.93. The van der Waals surface area contributed by atoms with Crippen molar-refractivity contribution in [2.24, 2.45) is 7.05 Å². The molecule has 0 saturated heterocycles. The molecule has 0 radical (unpaired) electrons. The zero-order valence-corrected chi connectivity index (χ0v) is 10.8. The Hall–Kier alpha value is -1.71. The van der Waals surface area contributed by atoms with E-state index in [1.54, 1.807) is 6.20 Å². The molecule has 0 aliphatic rings.